The predicted octanol–water partition coefficient (Wildman–Crippen LogP) is -0.395. The Balaban J connectivity index is 2.21. The van der Waals surface area contributed by atoms with Crippen LogP contribution >= 0.6 is 0 Å². The average Bonchev–Trinajstić information content (AvgIpc) is 2.15. The second kappa shape index (κ2) is 3.63. The largest absolute Gasteiger partial charge is 0.369 e. The Kier molecular flexibility index (Phi) is 2.45. The molecule has 1 aromatic heterocycles. The first-order chi connectivity index (χ1) is 7.11. The van der Waals surface area contributed by atoms with Gasteiger partial charge < -0.3 is 10.5 Å². The molecule has 0 spiro atoms. The molecule has 2 heterocycles. The molecule has 3 atom stereocenters. The summed E-state index contributed by atoms with van der Waals surface area (Å²) in [4.78, 5) is 17.7. The Hall–Kier alpha value is -1.40. The number of ether oxygens (including phenoxy) is 1. The van der Waals surface area contributed by atoms with Crippen molar-refractivity contribution in [3.8, 4) is 0 Å². The number of hydrogen-bond acceptors (Lipinski definition) is 5. The van der Waals surface area contributed by atoms with Crippen LogP contribution in [-0.4, -0.2) is 23.3 Å². The minimum atomic E-state index is -0.229. The first-order valence-corrected chi connectivity index (χ1v) is 4.77. The normalized spacial score (nSPS) is 29.9. The number of nitrogens with one attached hydrogen (secondary N) is 2. The van der Waals surface area contributed by atoms with E-state index in [1.807, 2.05) is 6.92 Å². The van der Waals surface area contributed by atoms with Crippen molar-refractivity contribution >= 4 is 5.95 Å². The van der Waals surface area contributed by atoms with Crippen LogP contribution in [0.5, 0.6) is 0 Å². The van der Waals surface area contributed by atoms with E-state index in [0.29, 0.717) is 5.69 Å². The van der Waals surface area contributed by atoms with Gasteiger partial charge in [-0.05, 0) is 0 Å². The van der Waals surface area contributed by atoms with Crippen molar-refractivity contribution in [2.24, 2.45) is 5.92 Å². The zero-order chi connectivity index (χ0) is 11.0. The van der Waals surface area contributed by atoms with Gasteiger partial charge in [0.25, 0.3) is 5.56 Å². The van der Waals surface area contributed by atoms with Crippen LogP contribution in [0.3, 0.4) is 0 Å². The number of H-pyrrole nitrogens is 1. The molecule has 82 valence electrons. The molecule has 0 radical (unpaired) electrons. The molecule has 6 nitrogen and oxygen atoms in total. The van der Waals surface area contributed by atoms with Crippen LogP contribution in [0.1, 0.15) is 18.7 Å². The highest BCUT2D eigenvalue weighted by atomic mass is 16.5. The Labute approximate surface area is 86.9 Å². The van der Waals surface area contributed by atoms with Crippen molar-refractivity contribution in [3.05, 3.63) is 22.1 Å². The summed E-state index contributed by atoms with van der Waals surface area (Å²) in [5.74, 6) is 0.427. The zero-order valence-corrected chi connectivity index (χ0v) is 8.65. The Morgan fingerprint density at radius 1 is 1.60 bits per heavy atom. The topological polar surface area (TPSA) is 93.0 Å². The third-order valence-corrected chi connectivity index (χ3v) is 2.70. The number of aromatic nitrogens is 2. The summed E-state index contributed by atoms with van der Waals surface area (Å²) < 4.78 is 5.15. The van der Waals surface area contributed by atoms with Gasteiger partial charge in [-0.25, -0.2) is 4.98 Å². The molecule has 4 N–H and O–H groups in total. The molecule has 0 aromatic carbocycles. The van der Waals surface area contributed by atoms with Crippen LogP contribution in [0.2, 0.25) is 0 Å². The summed E-state index contributed by atoms with van der Waals surface area (Å²) in [5.41, 5.74) is 5.90. The molecular formula is C9H14N4O2. The molecule has 1 aliphatic heterocycles. The molecule has 1 aliphatic rings. The van der Waals surface area contributed by atoms with Crippen molar-refractivity contribution in [2.75, 3.05) is 12.8 Å². The molecule has 0 saturated carbocycles. The lowest BCUT2D eigenvalue weighted by atomic mass is 9.88. The number of hydrogen-bond donors (Lipinski definition) is 3. The van der Waals surface area contributed by atoms with Crippen LogP contribution in [0.25, 0.3) is 0 Å². The summed E-state index contributed by atoms with van der Waals surface area (Å²) in [7, 11) is 1.64. The summed E-state index contributed by atoms with van der Waals surface area (Å²) in [6, 6.07) is 1.50. The minimum Gasteiger partial charge on any atom is -0.369 e. The first-order valence-electron chi connectivity index (χ1n) is 4.77. The van der Waals surface area contributed by atoms with Gasteiger partial charge in [0.1, 0.15) is 6.23 Å². The van der Waals surface area contributed by atoms with Crippen molar-refractivity contribution in [1.82, 2.24) is 15.3 Å². The number of nitrogen functional groups attached to an aromatic ring is 1. The van der Waals surface area contributed by atoms with E-state index in [-0.39, 0.29) is 29.7 Å². The van der Waals surface area contributed by atoms with Crippen LogP contribution in [0.15, 0.2) is 10.9 Å². The van der Waals surface area contributed by atoms with Crippen LogP contribution < -0.4 is 16.6 Å². The third-order valence-electron chi connectivity index (χ3n) is 2.70. The number of nitrogens with two attached hydrogens (primary N) is 1. The molecule has 1 fully saturated rings. The average molecular weight is 210 g/mol. The molecule has 2 rings (SSSR count). The standard InChI is InChI=1S/C9H14N4O2/c1-4-7(13-8(4)15-2)5-3-6(14)12-9(10)11-5/h3-4,7-8,13H,1-2H3,(H3,10,11,12,14)/t4?,7?,8-/m1/s1. The van der Waals surface area contributed by atoms with E-state index in [2.05, 4.69) is 15.3 Å². The molecule has 0 bridgehead atoms. The molecule has 2 unspecified atom stereocenters. The van der Waals surface area contributed by atoms with E-state index in [1.54, 1.807) is 7.11 Å². The van der Waals surface area contributed by atoms with E-state index in [1.165, 1.54) is 6.07 Å². The van der Waals surface area contributed by atoms with Gasteiger partial charge in [-0.3, -0.25) is 15.1 Å². The lowest BCUT2D eigenvalue weighted by Gasteiger charge is -2.42. The van der Waals surface area contributed by atoms with E-state index < -0.39 is 0 Å². The second-order valence-corrected chi connectivity index (χ2v) is 3.72. The summed E-state index contributed by atoms with van der Waals surface area (Å²) >= 11 is 0. The second-order valence-electron chi connectivity index (χ2n) is 3.72. The van der Waals surface area contributed by atoms with Gasteiger partial charge in [0.15, 0.2) is 0 Å². The predicted molar refractivity (Wildman–Crippen MR) is 55.1 cm³/mol. The van der Waals surface area contributed by atoms with Crippen molar-refractivity contribution in [3.63, 3.8) is 0 Å². The number of nitrogens with zero attached hydrogens (tertiary/aromatic N) is 1. The van der Waals surface area contributed by atoms with Gasteiger partial charge in [0.05, 0.1) is 11.7 Å². The minimum absolute atomic E-state index is 0.0253. The highest BCUT2D eigenvalue weighted by Crippen LogP contribution is 2.32. The van der Waals surface area contributed by atoms with Crippen molar-refractivity contribution in [1.29, 1.82) is 0 Å². The van der Waals surface area contributed by atoms with Gasteiger partial charge in [-0.1, -0.05) is 6.92 Å². The number of anilines is 1. The Bertz CT molecular complexity index is 417. The summed E-state index contributed by atoms with van der Waals surface area (Å²) in [6.45, 7) is 2.04. The summed E-state index contributed by atoms with van der Waals surface area (Å²) in [6.07, 6.45) is 0.0253. The van der Waals surface area contributed by atoms with Gasteiger partial charge in [-0.2, -0.15) is 0 Å². The summed E-state index contributed by atoms with van der Waals surface area (Å²) in [5, 5.41) is 3.16. The van der Waals surface area contributed by atoms with Crippen LogP contribution in [0, 0.1) is 5.92 Å². The maximum atomic E-state index is 11.2. The van der Waals surface area contributed by atoms with Gasteiger partial charge in [-0.15, -0.1) is 0 Å². The smallest absolute Gasteiger partial charge is 0.252 e. The SMILES string of the molecule is CO[C@H]1NC(c2cc(=O)[nH]c(N)n2)C1C. The van der Waals surface area contributed by atoms with Gasteiger partial charge >= 0.3 is 0 Å². The molecule has 6 heteroatoms. The van der Waals surface area contributed by atoms with Crippen molar-refractivity contribution in [2.45, 2.75) is 19.2 Å². The Morgan fingerprint density at radius 3 is 2.87 bits per heavy atom. The van der Waals surface area contributed by atoms with Crippen molar-refractivity contribution < 1.29 is 4.74 Å². The molecular weight excluding hydrogens is 196 g/mol. The highest BCUT2D eigenvalue weighted by molar-refractivity contribution is 5.21. The number of rotatable bonds is 2. The van der Waals surface area contributed by atoms with Crippen LogP contribution in [0.4, 0.5) is 5.95 Å². The maximum absolute atomic E-state index is 11.2. The van der Waals surface area contributed by atoms with E-state index in [4.69, 9.17) is 10.5 Å². The van der Waals surface area contributed by atoms with E-state index in [0.717, 1.165) is 0 Å². The lowest BCUT2D eigenvalue weighted by Crippen LogP contribution is -2.55. The zero-order valence-electron chi connectivity index (χ0n) is 8.65. The third kappa shape index (κ3) is 1.73. The van der Waals surface area contributed by atoms with Crippen LogP contribution in [-0.2, 0) is 4.74 Å². The fourth-order valence-electron chi connectivity index (χ4n) is 1.83. The number of methoxy groups -OCH3 is 1. The van der Waals surface area contributed by atoms with Gasteiger partial charge in [0.2, 0.25) is 5.95 Å². The number of aromatic amines is 1. The monoisotopic (exact) mass is 210 g/mol. The molecule has 1 saturated heterocycles. The molecule has 0 aliphatic carbocycles. The van der Waals surface area contributed by atoms with E-state index >= 15 is 0 Å². The lowest BCUT2D eigenvalue weighted by molar-refractivity contribution is -0.0617. The fourth-order valence-corrected chi connectivity index (χ4v) is 1.83. The highest BCUT2D eigenvalue weighted by Gasteiger charge is 2.39. The quantitative estimate of drug-likeness (QED) is 0.618. The molecule has 0 amide bonds. The molecule has 15 heavy (non-hydrogen) atoms. The van der Waals surface area contributed by atoms with E-state index in [9.17, 15) is 4.79 Å². The fraction of sp³-hybridized carbons (Fsp3) is 0.556. The maximum Gasteiger partial charge on any atom is 0.252 e. The first kappa shape index (κ1) is 10.1. The molecule has 1 aromatic rings. The Morgan fingerprint density at radius 2 is 2.33 bits per heavy atom. The van der Waals surface area contributed by atoms with Gasteiger partial charge in [0, 0.05) is 19.1 Å².